The maximum absolute atomic E-state index is 11.2. The van der Waals surface area contributed by atoms with Crippen LogP contribution >= 0.6 is 11.3 Å². The lowest BCUT2D eigenvalue weighted by Gasteiger charge is -2.11. The van der Waals surface area contributed by atoms with E-state index in [1.54, 1.807) is 6.07 Å². The second kappa shape index (κ2) is 5.36. The van der Waals surface area contributed by atoms with Gasteiger partial charge in [-0.2, -0.15) is 11.3 Å². The second-order valence-electron chi connectivity index (χ2n) is 4.37. The van der Waals surface area contributed by atoms with Crippen molar-refractivity contribution in [3.8, 4) is 17.0 Å². The largest absolute Gasteiger partial charge is 0.481 e. The zero-order valence-electron chi connectivity index (χ0n) is 10.9. The van der Waals surface area contributed by atoms with Crippen molar-refractivity contribution in [2.24, 2.45) is 0 Å². The minimum atomic E-state index is -0.391. The van der Waals surface area contributed by atoms with E-state index in [-0.39, 0.29) is 11.6 Å². The molecule has 0 saturated heterocycles. The Labute approximate surface area is 115 Å². The van der Waals surface area contributed by atoms with Crippen LogP contribution in [0.3, 0.4) is 0 Å². The van der Waals surface area contributed by atoms with Gasteiger partial charge < -0.3 is 4.74 Å². The van der Waals surface area contributed by atoms with Crippen LogP contribution in [0.25, 0.3) is 11.1 Å². The van der Waals surface area contributed by atoms with Crippen LogP contribution in [0.1, 0.15) is 25.5 Å². The normalized spacial score (nSPS) is 10.7. The Morgan fingerprint density at radius 2 is 2.21 bits per heavy atom. The van der Waals surface area contributed by atoms with E-state index in [9.17, 15) is 10.1 Å². The average Bonchev–Trinajstić information content (AvgIpc) is 2.90. The molecule has 0 amide bonds. The Balaban J connectivity index is 2.68. The van der Waals surface area contributed by atoms with Gasteiger partial charge >= 0.3 is 0 Å². The van der Waals surface area contributed by atoms with Gasteiger partial charge in [0.25, 0.3) is 5.69 Å². The smallest absolute Gasteiger partial charge is 0.291 e. The number of nitro groups is 1. The van der Waals surface area contributed by atoms with E-state index < -0.39 is 4.92 Å². The fourth-order valence-electron chi connectivity index (χ4n) is 1.85. The van der Waals surface area contributed by atoms with Crippen molar-refractivity contribution in [1.29, 1.82) is 0 Å². The predicted octanol–water partition coefficient (Wildman–Crippen LogP) is 3.85. The van der Waals surface area contributed by atoms with Gasteiger partial charge in [-0.25, -0.2) is 4.98 Å². The van der Waals surface area contributed by atoms with Crippen LogP contribution in [-0.2, 0) is 0 Å². The first-order chi connectivity index (χ1) is 9.04. The van der Waals surface area contributed by atoms with Gasteiger partial charge in [-0.1, -0.05) is 13.8 Å². The highest BCUT2D eigenvalue weighted by Gasteiger charge is 2.23. The van der Waals surface area contributed by atoms with Crippen molar-refractivity contribution < 1.29 is 9.66 Å². The van der Waals surface area contributed by atoms with Crippen LogP contribution in [-0.4, -0.2) is 17.0 Å². The molecule has 0 aliphatic rings. The Morgan fingerprint density at radius 3 is 2.68 bits per heavy atom. The molecule has 0 atom stereocenters. The molecule has 0 spiro atoms. The van der Waals surface area contributed by atoms with Crippen LogP contribution in [0.2, 0.25) is 0 Å². The fourth-order valence-corrected chi connectivity index (χ4v) is 2.51. The number of hydrogen-bond acceptors (Lipinski definition) is 5. The van der Waals surface area contributed by atoms with Crippen molar-refractivity contribution in [2.75, 3.05) is 7.11 Å². The number of hydrogen-bond donors (Lipinski definition) is 0. The number of aromatic nitrogens is 1. The topological polar surface area (TPSA) is 65.3 Å². The third-order valence-corrected chi connectivity index (χ3v) is 3.45. The highest BCUT2D eigenvalue weighted by molar-refractivity contribution is 7.08. The summed E-state index contributed by atoms with van der Waals surface area (Å²) < 4.78 is 5.27. The zero-order chi connectivity index (χ0) is 14.0. The minimum absolute atomic E-state index is 0.0363. The van der Waals surface area contributed by atoms with Gasteiger partial charge in [-0.3, -0.25) is 10.1 Å². The maximum Gasteiger partial charge on any atom is 0.291 e. The molecule has 0 fully saturated rings. The van der Waals surface area contributed by atoms with E-state index in [2.05, 4.69) is 4.98 Å². The van der Waals surface area contributed by atoms with Crippen LogP contribution in [0.15, 0.2) is 22.9 Å². The lowest BCUT2D eigenvalue weighted by Crippen LogP contribution is -2.03. The fraction of sp³-hybridized carbons (Fsp3) is 0.308. The molecule has 2 rings (SSSR count). The van der Waals surface area contributed by atoms with Crippen LogP contribution in [0, 0.1) is 10.1 Å². The predicted molar refractivity (Wildman–Crippen MR) is 74.8 cm³/mol. The van der Waals surface area contributed by atoms with Gasteiger partial charge in [-0.05, 0) is 22.4 Å². The first kappa shape index (κ1) is 13.5. The summed E-state index contributed by atoms with van der Waals surface area (Å²) in [6.45, 7) is 3.75. The molecule has 0 radical (unpaired) electrons. The Hall–Kier alpha value is -1.95. The maximum atomic E-state index is 11.2. The second-order valence-corrected chi connectivity index (χ2v) is 5.15. The van der Waals surface area contributed by atoms with E-state index in [1.807, 2.05) is 30.7 Å². The van der Waals surface area contributed by atoms with Crippen LogP contribution in [0.4, 0.5) is 5.69 Å². The molecule has 0 aromatic carbocycles. The molecule has 0 aliphatic carbocycles. The lowest BCUT2D eigenvalue weighted by molar-refractivity contribution is -0.386. The third-order valence-electron chi connectivity index (χ3n) is 2.76. The summed E-state index contributed by atoms with van der Waals surface area (Å²) in [7, 11) is 1.52. The number of ether oxygens (including phenoxy) is 1. The molecule has 5 nitrogen and oxygen atoms in total. The van der Waals surface area contributed by atoms with Crippen molar-refractivity contribution >= 4 is 17.0 Å². The van der Waals surface area contributed by atoms with Crippen molar-refractivity contribution in [1.82, 2.24) is 4.98 Å². The molecular weight excluding hydrogens is 264 g/mol. The van der Waals surface area contributed by atoms with E-state index >= 15 is 0 Å². The molecule has 2 aromatic heterocycles. The summed E-state index contributed by atoms with van der Waals surface area (Å²) in [5, 5.41) is 15.0. The van der Waals surface area contributed by atoms with Gasteiger partial charge in [0.1, 0.15) is 5.69 Å². The molecule has 19 heavy (non-hydrogen) atoms. The summed E-state index contributed by atoms with van der Waals surface area (Å²) >= 11 is 1.53. The Bertz CT molecular complexity index is 594. The summed E-state index contributed by atoms with van der Waals surface area (Å²) in [6, 6.07) is 3.44. The van der Waals surface area contributed by atoms with Crippen molar-refractivity contribution in [3.63, 3.8) is 0 Å². The monoisotopic (exact) mass is 278 g/mol. The van der Waals surface area contributed by atoms with E-state index in [1.165, 1.54) is 18.4 Å². The molecule has 0 N–H and O–H groups in total. The summed E-state index contributed by atoms with van der Waals surface area (Å²) in [5.41, 5.74) is 2.02. The molecular formula is C13H14N2O3S. The number of nitrogens with zero attached hydrogens (tertiary/aromatic N) is 2. The van der Waals surface area contributed by atoms with Gasteiger partial charge in [0, 0.05) is 12.0 Å². The molecule has 0 bridgehead atoms. The summed E-state index contributed by atoms with van der Waals surface area (Å²) in [5.74, 6) is 0.388. The third kappa shape index (κ3) is 2.58. The quantitative estimate of drug-likeness (QED) is 0.629. The van der Waals surface area contributed by atoms with Gasteiger partial charge in [-0.15, -0.1) is 0 Å². The zero-order valence-corrected chi connectivity index (χ0v) is 11.7. The standard InChI is InChI=1S/C13H14N2O3S/c1-8(2)12-11(15(16)17)6-10(13(14-12)18-3)9-4-5-19-7-9/h4-8H,1-3H3. The van der Waals surface area contributed by atoms with Crippen molar-refractivity contribution in [3.05, 3.63) is 38.7 Å². The van der Waals surface area contributed by atoms with Gasteiger partial charge in [0.05, 0.1) is 17.6 Å². The summed E-state index contributed by atoms with van der Waals surface area (Å²) in [4.78, 5) is 15.1. The first-order valence-electron chi connectivity index (χ1n) is 5.80. The molecule has 0 saturated carbocycles. The number of methoxy groups -OCH3 is 1. The van der Waals surface area contributed by atoms with Crippen LogP contribution in [0.5, 0.6) is 5.88 Å². The van der Waals surface area contributed by atoms with E-state index in [4.69, 9.17) is 4.74 Å². The summed E-state index contributed by atoms with van der Waals surface area (Å²) in [6.07, 6.45) is 0. The lowest BCUT2D eigenvalue weighted by atomic mass is 10.0. The molecule has 6 heteroatoms. The molecule has 2 aromatic rings. The van der Waals surface area contributed by atoms with E-state index in [0.717, 1.165) is 5.56 Å². The Morgan fingerprint density at radius 1 is 1.47 bits per heavy atom. The minimum Gasteiger partial charge on any atom is -0.481 e. The van der Waals surface area contributed by atoms with Crippen molar-refractivity contribution in [2.45, 2.75) is 19.8 Å². The number of thiophene rings is 1. The average molecular weight is 278 g/mol. The van der Waals surface area contributed by atoms with Crippen LogP contribution < -0.4 is 4.74 Å². The molecule has 100 valence electrons. The number of rotatable bonds is 4. The van der Waals surface area contributed by atoms with Gasteiger partial charge in [0.15, 0.2) is 0 Å². The molecule has 2 heterocycles. The Kier molecular flexibility index (Phi) is 3.80. The highest BCUT2D eigenvalue weighted by atomic mass is 32.1. The molecule has 0 unspecified atom stereocenters. The van der Waals surface area contributed by atoms with Gasteiger partial charge in [0.2, 0.25) is 5.88 Å². The highest BCUT2D eigenvalue weighted by Crippen LogP contribution is 2.36. The number of pyridine rings is 1. The molecule has 0 aliphatic heterocycles. The SMILES string of the molecule is COc1nc(C(C)C)c([N+](=O)[O-])cc1-c1ccsc1. The van der Waals surface area contributed by atoms with E-state index in [0.29, 0.717) is 17.1 Å². The first-order valence-corrected chi connectivity index (χ1v) is 6.74.